The van der Waals surface area contributed by atoms with E-state index in [-0.39, 0.29) is 6.09 Å². The molecule has 1 N–H and O–H groups in total. The van der Waals surface area contributed by atoms with Crippen LogP contribution in [0.1, 0.15) is 57.9 Å². The van der Waals surface area contributed by atoms with Gasteiger partial charge in [0, 0.05) is 0 Å². The van der Waals surface area contributed by atoms with Crippen molar-refractivity contribution in [1.82, 2.24) is 5.32 Å². The van der Waals surface area contributed by atoms with Gasteiger partial charge < -0.3 is 14.8 Å². The second-order valence-electron chi connectivity index (χ2n) is 8.31. The minimum Gasteiger partial charge on any atom is -0.490 e. The summed E-state index contributed by atoms with van der Waals surface area (Å²) in [5.74, 6) is 1.85. The Balaban J connectivity index is 1.46. The standard InChI is InChI=1S/C23H29NO3/c1-3-4-16-5-10-20(11-6-16)27-21-12-8-17-13-19(9-7-18(17)14-21)23(2)15-26-22(25)24-23/h7-9,12-14,16,20H,3-6,10-11,15H2,1-2H3,(H,24,25). The highest BCUT2D eigenvalue weighted by atomic mass is 16.6. The van der Waals surface area contributed by atoms with Crippen molar-refractivity contribution in [3.8, 4) is 5.75 Å². The Labute approximate surface area is 161 Å². The third-order valence-electron chi connectivity index (χ3n) is 6.11. The minimum atomic E-state index is -0.461. The quantitative estimate of drug-likeness (QED) is 0.755. The number of hydrogen-bond donors (Lipinski definition) is 1. The van der Waals surface area contributed by atoms with Crippen LogP contribution in [0.5, 0.6) is 5.75 Å². The van der Waals surface area contributed by atoms with Gasteiger partial charge in [0.25, 0.3) is 0 Å². The molecule has 0 spiro atoms. The average molecular weight is 367 g/mol. The van der Waals surface area contributed by atoms with Crippen LogP contribution in [0.2, 0.25) is 0 Å². The zero-order valence-corrected chi connectivity index (χ0v) is 16.3. The Morgan fingerprint density at radius 1 is 1.11 bits per heavy atom. The molecule has 4 rings (SSSR count). The summed E-state index contributed by atoms with van der Waals surface area (Å²) < 4.78 is 11.4. The molecule has 1 aliphatic heterocycles. The van der Waals surface area contributed by atoms with Crippen molar-refractivity contribution in [3.63, 3.8) is 0 Å². The van der Waals surface area contributed by atoms with E-state index in [4.69, 9.17) is 9.47 Å². The third-order valence-corrected chi connectivity index (χ3v) is 6.11. The molecule has 2 aromatic carbocycles. The van der Waals surface area contributed by atoms with Crippen molar-refractivity contribution in [2.24, 2.45) is 5.92 Å². The third kappa shape index (κ3) is 3.90. The molecule has 2 aliphatic rings. The molecular formula is C23H29NO3. The number of nitrogens with one attached hydrogen (secondary N) is 1. The number of cyclic esters (lactones) is 1. The van der Waals surface area contributed by atoms with Gasteiger partial charge in [0.05, 0.1) is 11.6 Å². The Morgan fingerprint density at radius 2 is 1.85 bits per heavy atom. The Morgan fingerprint density at radius 3 is 2.56 bits per heavy atom. The summed E-state index contributed by atoms with van der Waals surface area (Å²) in [5.41, 5.74) is 0.598. The maximum atomic E-state index is 11.4. The summed E-state index contributed by atoms with van der Waals surface area (Å²) >= 11 is 0. The first-order valence-corrected chi connectivity index (χ1v) is 10.2. The maximum absolute atomic E-state index is 11.4. The predicted molar refractivity (Wildman–Crippen MR) is 107 cm³/mol. The molecule has 1 saturated carbocycles. The Bertz CT molecular complexity index is 825. The Kier molecular flexibility index (Phi) is 4.98. The number of ether oxygens (including phenoxy) is 2. The van der Waals surface area contributed by atoms with Crippen LogP contribution in [-0.2, 0) is 10.3 Å². The van der Waals surface area contributed by atoms with E-state index in [2.05, 4.69) is 48.6 Å². The lowest BCUT2D eigenvalue weighted by Crippen LogP contribution is -2.37. The van der Waals surface area contributed by atoms with Crippen LogP contribution in [-0.4, -0.2) is 18.8 Å². The van der Waals surface area contributed by atoms with E-state index < -0.39 is 5.54 Å². The SMILES string of the molecule is CCCC1CCC(Oc2ccc3cc(C4(C)COC(=O)N4)ccc3c2)CC1. The van der Waals surface area contributed by atoms with Crippen LogP contribution in [0.15, 0.2) is 36.4 Å². The smallest absolute Gasteiger partial charge is 0.408 e. The van der Waals surface area contributed by atoms with Crippen LogP contribution >= 0.6 is 0 Å². The number of hydrogen-bond acceptors (Lipinski definition) is 3. The summed E-state index contributed by atoms with van der Waals surface area (Å²) in [6, 6.07) is 12.6. The molecule has 1 saturated heterocycles. The number of benzene rings is 2. The van der Waals surface area contributed by atoms with E-state index in [9.17, 15) is 4.79 Å². The lowest BCUT2D eigenvalue weighted by molar-refractivity contribution is 0.128. The van der Waals surface area contributed by atoms with Crippen molar-refractivity contribution in [2.75, 3.05) is 6.61 Å². The average Bonchev–Trinajstić information content (AvgIpc) is 3.03. The summed E-state index contributed by atoms with van der Waals surface area (Å²) in [4.78, 5) is 11.4. The lowest BCUT2D eigenvalue weighted by Gasteiger charge is -2.29. The van der Waals surface area contributed by atoms with E-state index in [0.717, 1.165) is 28.0 Å². The van der Waals surface area contributed by atoms with Crippen LogP contribution in [0.4, 0.5) is 4.79 Å². The summed E-state index contributed by atoms with van der Waals surface area (Å²) in [5, 5.41) is 5.21. The molecule has 4 heteroatoms. The number of amides is 1. The zero-order chi connectivity index (χ0) is 18.9. The first kappa shape index (κ1) is 18.1. The van der Waals surface area contributed by atoms with Gasteiger partial charge >= 0.3 is 6.09 Å². The molecule has 0 aromatic heterocycles. The second-order valence-corrected chi connectivity index (χ2v) is 8.31. The molecule has 2 fully saturated rings. The zero-order valence-electron chi connectivity index (χ0n) is 16.3. The summed E-state index contributed by atoms with van der Waals surface area (Å²) in [7, 11) is 0. The van der Waals surface area contributed by atoms with Crippen LogP contribution in [0, 0.1) is 5.92 Å². The molecular weight excluding hydrogens is 338 g/mol. The number of carbonyl (C=O) groups excluding carboxylic acids is 1. The molecule has 2 aromatic rings. The van der Waals surface area contributed by atoms with E-state index >= 15 is 0 Å². The van der Waals surface area contributed by atoms with Gasteiger partial charge in [-0.3, -0.25) is 0 Å². The topological polar surface area (TPSA) is 47.6 Å². The minimum absolute atomic E-state index is 0.347. The highest BCUT2D eigenvalue weighted by Gasteiger charge is 2.36. The fourth-order valence-corrected chi connectivity index (χ4v) is 4.44. The van der Waals surface area contributed by atoms with Crippen molar-refractivity contribution >= 4 is 16.9 Å². The fourth-order valence-electron chi connectivity index (χ4n) is 4.44. The molecule has 1 unspecified atom stereocenters. The van der Waals surface area contributed by atoms with Gasteiger partial charge in [0.1, 0.15) is 12.4 Å². The highest BCUT2D eigenvalue weighted by molar-refractivity contribution is 5.85. The van der Waals surface area contributed by atoms with E-state index in [1.165, 1.54) is 38.5 Å². The highest BCUT2D eigenvalue weighted by Crippen LogP contribution is 2.33. The summed E-state index contributed by atoms with van der Waals surface area (Å²) in [6.45, 7) is 4.63. The van der Waals surface area contributed by atoms with Crippen LogP contribution in [0.3, 0.4) is 0 Å². The van der Waals surface area contributed by atoms with E-state index in [1.54, 1.807) is 0 Å². The molecule has 144 valence electrons. The van der Waals surface area contributed by atoms with Crippen molar-refractivity contribution in [3.05, 3.63) is 42.0 Å². The first-order chi connectivity index (χ1) is 13.1. The Hall–Kier alpha value is -2.23. The number of rotatable bonds is 5. The summed E-state index contributed by atoms with van der Waals surface area (Å²) in [6.07, 6.45) is 7.56. The van der Waals surface area contributed by atoms with Gasteiger partial charge in [-0.1, -0.05) is 38.0 Å². The number of carbonyl (C=O) groups is 1. The number of alkyl carbamates (subject to hydrolysis) is 1. The van der Waals surface area contributed by atoms with Gasteiger partial charge in [0.15, 0.2) is 0 Å². The molecule has 1 aliphatic carbocycles. The lowest BCUT2D eigenvalue weighted by atomic mass is 9.85. The molecule has 1 atom stereocenters. The molecule has 27 heavy (non-hydrogen) atoms. The second kappa shape index (κ2) is 7.41. The van der Waals surface area contributed by atoms with Crippen LogP contribution in [0.25, 0.3) is 10.8 Å². The molecule has 4 nitrogen and oxygen atoms in total. The van der Waals surface area contributed by atoms with Crippen molar-refractivity contribution in [2.45, 2.75) is 64.0 Å². The van der Waals surface area contributed by atoms with Gasteiger partial charge in [-0.25, -0.2) is 4.79 Å². The van der Waals surface area contributed by atoms with Gasteiger partial charge in [-0.2, -0.15) is 0 Å². The van der Waals surface area contributed by atoms with Gasteiger partial charge in [-0.05, 0) is 73.1 Å². The molecule has 0 bridgehead atoms. The molecule has 1 amide bonds. The van der Waals surface area contributed by atoms with E-state index in [1.807, 2.05) is 6.92 Å². The van der Waals surface area contributed by atoms with Gasteiger partial charge in [-0.15, -0.1) is 0 Å². The van der Waals surface area contributed by atoms with Crippen molar-refractivity contribution < 1.29 is 14.3 Å². The molecule has 0 radical (unpaired) electrons. The predicted octanol–water partition coefficient (Wildman–Crippen LogP) is 5.53. The largest absolute Gasteiger partial charge is 0.490 e. The maximum Gasteiger partial charge on any atom is 0.408 e. The fraction of sp³-hybridized carbons (Fsp3) is 0.522. The monoisotopic (exact) mass is 367 g/mol. The van der Waals surface area contributed by atoms with Crippen LogP contribution < -0.4 is 10.1 Å². The van der Waals surface area contributed by atoms with Gasteiger partial charge in [0.2, 0.25) is 0 Å². The van der Waals surface area contributed by atoms with E-state index in [0.29, 0.717) is 12.7 Å². The molecule has 1 heterocycles. The number of fused-ring (bicyclic) bond motifs is 1. The van der Waals surface area contributed by atoms with Crippen molar-refractivity contribution in [1.29, 1.82) is 0 Å². The normalized spacial score (nSPS) is 28.0. The first-order valence-electron chi connectivity index (χ1n) is 10.2.